The molecule has 2 aliphatic carbocycles. The van der Waals surface area contributed by atoms with Crippen molar-refractivity contribution in [1.82, 2.24) is 0 Å². The summed E-state index contributed by atoms with van der Waals surface area (Å²) in [5, 5.41) is 8.88. The van der Waals surface area contributed by atoms with Crippen molar-refractivity contribution in [2.45, 2.75) is 33.1 Å². The Morgan fingerprint density at radius 2 is 1.92 bits per heavy atom. The van der Waals surface area contributed by atoms with Crippen LogP contribution in [-0.2, 0) is 14.8 Å². The van der Waals surface area contributed by atoms with Gasteiger partial charge in [-0.3, -0.25) is 9.52 Å². The summed E-state index contributed by atoms with van der Waals surface area (Å²) in [6.07, 6.45) is 1.97. The number of sulfonamides is 1. The predicted octanol–water partition coefficient (Wildman–Crippen LogP) is 2.52. The van der Waals surface area contributed by atoms with Gasteiger partial charge in [0.25, 0.3) is 0 Å². The molecule has 3 rings (SSSR count). The second-order valence-corrected chi connectivity index (χ2v) is 9.13. The van der Waals surface area contributed by atoms with Crippen molar-refractivity contribution in [2.75, 3.05) is 10.5 Å². The Kier molecular flexibility index (Phi) is 3.75. The Balaban J connectivity index is 1.81. The molecule has 24 heavy (non-hydrogen) atoms. The molecule has 6 nitrogen and oxygen atoms in total. The molecule has 2 bridgehead atoms. The molecule has 0 unspecified atom stereocenters. The fourth-order valence-corrected chi connectivity index (χ4v) is 6.22. The van der Waals surface area contributed by atoms with E-state index in [1.165, 1.54) is 24.3 Å². The van der Waals surface area contributed by atoms with E-state index < -0.39 is 21.4 Å². The molecular formula is C17H21NO5S. The second kappa shape index (κ2) is 5.31. The maximum Gasteiger partial charge on any atom is 0.335 e. The van der Waals surface area contributed by atoms with E-state index in [4.69, 9.17) is 5.11 Å². The number of carboxylic acid groups (broad SMARTS) is 1. The summed E-state index contributed by atoms with van der Waals surface area (Å²) in [6, 6.07) is 5.51. The second-order valence-electron chi connectivity index (χ2n) is 7.41. The molecule has 0 aliphatic heterocycles. The number of rotatable bonds is 5. The number of aromatic carboxylic acids is 1. The number of anilines is 1. The number of nitrogens with one attached hydrogen (secondary N) is 1. The first kappa shape index (κ1) is 17.0. The molecule has 0 spiro atoms. The smallest absolute Gasteiger partial charge is 0.335 e. The molecule has 1 aromatic rings. The van der Waals surface area contributed by atoms with Crippen molar-refractivity contribution in [3.8, 4) is 0 Å². The highest BCUT2D eigenvalue weighted by atomic mass is 32.2. The van der Waals surface area contributed by atoms with Gasteiger partial charge in [-0.05, 0) is 48.4 Å². The van der Waals surface area contributed by atoms with Crippen LogP contribution in [0.3, 0.4) is 0 Å². The zero-order valence-electron chi connectivity index (χ0n) is 13.7. The summed E-state index contributed by atoms with van der Waals surface area (Å²) < 4.78 is 27.7. The Labute approximate surface area is 141 Å². The average Bonchev–Trinajstić information content (AvgIpc) is 2.81. The van der Waals surface area contributed by atoms with Crippen LogP contribution in [-0.4, -0.2) is 31.0 Å². The van der Waals surface area contributed by atoms with Gasteiger partial charge in [-0.1, -0.05) is 13.8 Å². The van der Waals surface area contributed by atoms with Gasteiger partial charge in [-0.15, -0.1) is 0 Å². The first-order valence-electron chi connectivity index (χ1n) is 7.95. The summed E-state index contributed by atoms with van der Waals surface area (Å²) in [7, 11) is -3.72. The summed E-state index contributed by atoms with van der Waals surface area (Å²) in [6.45, 7) is 3.99. The zero-order valence-corrected chi connectivity index (χ0v) is 14.5. The van der Waals surface area contributed by atoms with Crippen LogP contribution < -0.4 is 4.72 Å². The first-order valence-corrected chi connectivity index (χ1v) is 9.60. The largest absolute Gasteiger partial charge is 0.478 e. The number of hydrogen-bond acceptors (Lipinski definition) is 4. The number of carboxylic acids is 1. The van der Waals surface area contributed by atoms with E-state index in [0.29, 0.717) is 18.5 Å². The minimum absolute atomic E-state index is 0.0513. The monoisotopic (exact) mass is 351 g/mol. The van der Waals surface area contributed by atoms with Gasteiger partial charge < -0.3 is 5.11 Å². The zero-order chi connectivity index (χ0) is 17.8. The molecule has 2 N–H and O–H groups in total. The number of hydrogen-bond donors (Lipinski definition) is 2. The summed E-state index contributed by atoms with van der Waals surface area (Å²) >= 11 is 0. The van der Waals surface area contributed by atoms with E-state index in [2.05, 4.69) is 4.72 Å². The van der Waals surface area contributed by atoms with Crippen LogP contribution in [0.5, 0.6) is 0 Å². The van der Waals surface area contributed by atoms with Crippen LogP contribution in [0.25, 0.3) is 0 Å². The number of carbonyl (C=O) groups is 2. The molecule has 2 atom stereocenters. The van der Waals surface area contributed by atoms with Crippen molar-refractivity contribution in [1.29, 1.82) is 0 Å². The van der Waals surface area contributed by atoms with Crippen LogP contribution in [0.15, 0.2) is 24.3 Å². The standard InChI is InChI=1S/C17H21NO5S/c1-16(2)12-7-8-17(16,14(19)9-12)10-24(22,23)18-13-5-3-11(4-6-13)15(20)21/h3-6,12,18H,7-10H2,1-2H3,(H,20,21)/t12-,17-/m0/s1. The Morgan fingerprint density at radius 1 is 1.29 bits per heavy atom. The van der Waals surface area contributed by atoms with Crippen LogP contribution >= 0.6 is 0 Å². The Morgan fingerprint density at radius 3 is 2.38 bits per heavy atom. The minimum atomic E-state index is -3.72. The molecule has 2 aliphatic rings. The lowest BCUT2D eigenvalue weighted by Crippen LogP contribution is -2.43. The van der Waals surface area contributed by atoms with Crippen molar-refractivity contribution >= 4 is 27.5 Å². The first-order chi connectivity index (χ1) is 11.1. The van der Waals surface area contributed by atoms with Gasteiger partial charge in [0.15, 0.2) is 0 Å². The van der Waals surface area contributed by atoms with E-state index >= 15 is 0 Å². The summed E-state index contributed by atoms with van der Waals surface area (Å²) in [5.41, 5.74) is -0.743. The number of benzene rings is 1. The molecule has 1 aromatic carbocycles. The Hall–Kier alpha value is -1.89. The minimum Gasteiger partial charge on any atom is -0.478 e. The van der Waals surface area contributed by atoms with Crippen molar-refractivity contribution in [2.24, 2.45) is 16.7 Å². The van der Waals surface area contributed by atoms with Gasteiger partial charge in [0, 0.05) is 12.1 Å². The normalized spacial score (nSPS) is 28.1. The highest BCUT2D eigenvalue weighted by Crippen LogP contribution is 2.64. The lowest BCUT2D eigenvalue weighted by molar-refractivity contribution is -0.128. The third-order valence-corrected chi connectivity index (χ3v) is 7.40. The SMILES string of the molecule is CC1(C)[C@H]2CC[C@]1(CS(=O)(=O)Nc1ccc(C(=O)O)cc1)C(=O)C2. The Bertz CT molecular complexity index is 797. The fourth-order valence-electron chi connectivity index (χ4n) is 4.33. The van der Waals surface area contributed by atoms with Crippen LogP contribution in [0.1, 0.15) is 43.5 Å². The average molecular weight is 351 g/mol. The maximum atomic E-state index is 12.6. The van der Waals surface area contributed by atoms with Gasteiger partial charge in [-0.25, -0.2) is 13.2 Å². The van der Waals surface area contributed by atoms with Crippen molar-refractivity contribution < 1.29 is 23.1 Å². The summed E-state index contributed by atoms with van der Waals surface area (Å²) in [4.78, 5) is 23.3. The van der Waals surface area contributed by atoms with Crippen LogP contribution in [0.2, 0.25) is 0 Å². The van der Waals surface area contributed by atoms with E-state index in [0.717, 1.165) is 6.42 Å². The number of ketones is 1. The quantitative estimate of drug-likeness (QED) is 0.849. The number of Topliss-reactive ketones (excluding diaryl/α,β-unsaturated/α-hetero) is 1. The van der Waals surface area contributed by atoms with Crippen LogP contribution in [0.4, 0.5) is 5.69 Å². The lowest BCUT2D eigenvalue weighted by atomic mass is 9.70. The van der Waals surface area contributed by atoms with Crippen molar-refractivity contribution in [3.63, 3.8) is 0 Å². The molecule has 0 saturated heterocycles. The fraction of sp³-hybridized carbons (Fsp3) is 0.529. The third-order valence-electron chi connectivity index (χ3n) is 5.98. The molecule has 2 fully saturated rings. The number of carbonyl (C=O) groups excluding carboxylic acids is 1. The molecular weight excluding hydrogens is 330 g/mol. The molecule has 130 valence electrons. The predicted molar refractivity (Wildman–Crippen MR) is 89.4 cm³/mol. The number of fused-ring (bicyclic) bond motifs is 2. The highest BCUT2D eigenvalue weighted by molar-refractivity contribution is 7.92. The van der Waals surface area contributed by atoms with Gasteiger partial charge in [0.05, 0.1) is 16.7 Å². The van der Waals surface area contributed by atoms with Crippen LogP contribution in [0, 0.1) is 16.7 Å². The van der Waals surface area contributed by atoms with E-state index in [1.54, 1.807) is 0 Å². The van der Waals surface area contributed by atoms with Gasteiger partial charge in [0.1, 0.15) is 5.78 Å². The summed E-state index contributed by atoms with van der Waals surface area (Å²) in [5.74, 6) is -0.979. The lowest BCUT2D eigenvalue weighted by Gasteiger charge is -2.36. The highest BCUT2D eigenvalue weighted by Gasteiger charge is 2.65. The van der Waals surface area contributed by atoms with E-state index in [9.17, 15) is 18.0 Å². The van der Waals surface area contributed by atoms with Gasteiger partial charge in [0.2, 0.25) is 10.0 Å². The molecule has 7 heteroatoms. The van der Waals surface area contributed by atoms with E-state index in [-0.39, 0.29) is 28.4 Å². The molecule has 0 amide bonds. The van der Waals surface area contributed by atoms with Gasteiger partial charge in [-0.2, -0.15) is 0 Å². The maximum absolute atomic E-state index is 12.6. The molecule has 2 saturated carbocycles. The molecule has 0 aromatic heterocycles. The van der Waals surface area contributed by atoms with E-state index in [1.807, 2.05) is 13.8 Å². The molecule has 0 radical (unpaired) electrons. The third kappa shape index (κ3) is 2.51. The topological polar surface area (TPSA) is 101 Å². The molecule has 0 heterocycles. The van der Waals surface area contributed by atoms with Gasteiger partial charge >= 0.3 is 5.97 Å². The van der Waals surface area contributed by atoms with Crippen molar-refractivity contribution in [3.05, 3.63) is 29.8 Å².